The molecule has 5 N–H and O–H groups in total. The molecule has 22 heavy (non-hydrogen) atoms. The average molecular weight is 340 g/mol. The lowest BCUT2D eigenvalue weighted by atomic mass is 9.76. The highest BCUT2D eigenvalue weighted by Gasteiger charge is 2.64. The first kappa shape index (κ1) is 20.6. The number of aliphatic carboxylic acids is 3. The summed E-state index contributed by atoms with van der Waals surface area (Å²) in [4.78, 5) is 53.5. The Kier molecular flexibility index (Phi) is 7.21. The van der Waals surface area contributed by atoms with Gasteiger partial charge in [-0.3, -0.25) is 18.9 Å². The van der Waals surface area contributed by atoms with Crippen LogP contribution < -0.4 is 0 Å². The SMILES string of the molecule is CCCC(C(=O)O)C(C(=O)O)C(CCC)(C(=O)O)P(=O)(O)O. The van der Waals surface area contributed by atoms with Gasteiger partial charge in [-0.15, -0.1) is 0 Å². The molecule has 0 bridgehead atoms. The minimum atomic E-state index is -5.45. The second-order valence-electron chi connectivity index (χ2n) is 5.07. The van der Waals surface area contributed by atoms with Crippen molar-refractivity contribution in [2.24, 2.45) is 11.8 Å². The summed E-state index contributed by atoms with van der Waals surface area (Å²) >= 11 is 0. The van der Waals surface area contributed by atoms with E-state index in [2.05, 4.69) is 0 Å². The largest absolute Gasteiger partial charge is 0.481 e. The first-order valence-electron chi connectivity index (χ1n) is 6.71. The maximum absolute atomic E-state index is 11.8. The molecule has 0 aliphatic heterocycles. The third-order valence-corrected chi connectivity index (χ3v) is 5.35. The Morgan fingerprint density at radius 3 is 1.73 bits per heavy atom. The van der Waals surface area contributed by atoms with Gasteiger partial charge in [0.1, 0.15) is 0 Å². The number of carboxylic acids is 3. The zero-order valence-corrected chi connectivity index (χ0v) is 13.2. The molecule has 10 heteroatoms. The summed E-state index contributed by atoms with van der Waals surface area (Å²) in [6.07, 6.45) is -0.647. The Morgan fingerprint density at radius 2 is 1.50 bits per heavy atom. The lowest BCUT2D eigenvalue weighted by Gasteiger charge is -2.37. The van der Waals surface area contributed by atoms with E-state index in [9.17, 15) is 44.1 Å². The molecule has 0 aromatic rings. The van der Waals surface area contributed by atoms with Crippen LogP contribution in [0.4, 0.5) is 0 Å². The predicted molar refractivity (Wildman–Crippen MR) is 74.5 cm³/mol. The van der Waals surface area contributed by atoms with E-state index in [1.54, 1.807) is 6.92 Å². The number of hydrogen-bond acceptors (Lipinski definition) is 4. The fraction of sp³-hybridized carbons (Fsp3) is 0.750. The van der Waals surface area contributed by atoms with E-state index in [0.717, 1.165) is 0 Å². The van der Waals surface area contributed by atoms with E-state index >= 15 is 0 Å². The van der Waals surface area contributed by atoms with Gasteiger partial charge in [-0.05, 0) is 12.8 Å². The van der Waals surface area contributed by atoms with Crippen molar-refractivity contribution in [3.8, 4) is 0 Å². The summed E-state index contributed by atoms with van der Waals surface area (Å²) in [5, 5.41) is 24.9. The maximum Gasteiger partial charge on any atom is 0.343 e. The van der Waals surface area contributed by atoms with Crippen molar-refractivity contribution in [2.45, 2.75) is 44.7 Å². The Hall–Kier alpha value is -1.44. The number of hydrogen-bond donors (Lipinski definition) is 5. The molecule has 0 aromatic carbocycles. The Balaban J connectivity index is 6.43. The first-order chi connectivity index (χ1) is 9.97. The normalized spacial score (nSPS) is 17.3. The van der Waals surface area contributed by atoms with Crippen molar-refractivity contribution in [3.05, 3.63) is 0 Å². The number of rotatable bonds is 10. The molecule has 0 fully saturated rings. The molecule has 0 aromatic heterocycles. The van der Waals surface area contributed by atoms with Gasteiger partial charge < -0.3 is 25.1 Å². The van der Waals surface area contributed by atoms with Crippen molar-refractivity contribution in [3.63, 3.8) is 0 Å². The van der Waals surface area contributed by atoms with Crippen LogP contribution in [0.5, 0.6) is 0 Å². The summed E-state index contributed by atoms with van der Waals surface area (Å²) in [6.45, 7) is 3.00. The molecule has 0 rings (SSSR count). The first-order valence-corrected chi connectivity index (χ1v) is 8.33. The smallest absolute Gasteiger partial charge is 0.343 e. The minimum absolute atomic E-state index is 0.0281. The molecule has 128 valence electrons. The highest BCUT2D eigenvalue weighted by molar-refractivity contribution is 7.54. The van der Waals surface area contributed by atoms with Gasteiger partial charge in [0.25, 0.3) is 0 Å². The van der Waals surface area contributed by atoms with Gasteiger partial charge in [-0.1, -0.05) is 26.7 Å². The highest BCUT2D eigenvalue weighted by atomic mass is 31.2. The van der Waals surface area contributed by atoms with E-state index in [1.165, 1.54) is 6.92 Å². The lowest BCUT2D eigenvalue weighted by molar-refractivity contribution is -0.161. The van der Waals surface area contributed by atoms with Crippen LogP contribution in [0, 0.1) is 11.8 Å². The van der Waals surface area contributed by atoms with Crippen molar-refractivity contribution in [1.82, 2.24) is 0 Å². The third kappa shape index (κ3) is 3.85. The van der Waals surface area contributed by atoms with Gasteiger partial charge in [0, 0.05) is 0 Å². The van der Waals surface area contributed by atoms with Crippen molar-refractivity contribution in [2.75, 3.05) is 0 Å². The molecule has 0 aliphatic carbocycles. The molecule has 0 saturated carbocycles. The van der Waals surface area contributed by atoms with Gasteiger partial charge in [-0.25, -0.2) is 0 Å². The molecule has 0 amide bonds. The van der Waals surface area contributed by atoms with Crippen LogP contribution in [0.1, 0.15) is 39.5 Å². The van der Waals surface area contributed by atoms with Crippen LogP contribution in [-0.2, 0) is 18.9 Å². The molecule has 0 aliphatic rings. The fourth-order valence-corrected chi connectivity index (χ4v) is 4.10. The van der Waals surface area contributed by atoms with Crippen LogP contribution in [0.2, 0.25) is 0 Å². The summed E-state index contributed by atoms with van der Waals surface area (Å²) in [7, 11) is -5.45. The van der Waals surface area contributed by atoms with E-state index < -0.39 is 48.9 Å². The molecule has 0 saturated heterocycles. The Labute approximate surface area is 127 Å². The summed E-state index contributed by atoms with van der Waals surface area (Å²) < 4.78 is 11.8. The maximum atomic E-state index is 11.8. The number of carbonyl (C=O) groups is 3. The molecule has 3 atom stereocenters. The second kappa shape index (κ2) is 7.71. The van der Waals surface area contributed by atoms with Gasteiger partial charge in [-0.2, -0.15) is 0 Å². The average Bonchev–Trinajstić information content (AvgIpc) is 2.34. The van der Waals surface area contributed by atoms with Crippen molar-refractivity contribution < 1.29 is 44.1 Å². The van der Waals surface area contributed by atoms with Gasteiger partial charge in [0.2, 0.25) is 0 Å². The van der Waals surface area contributed by atoms with E-state index in [4.69, 9.17) is 0 Å². The monoisotopic (exact) mass is 340 g/mol. The van der Waals surface area contributed by atoms with Crippen LogP contribution >= 0.6 is 7.60 Å². The summed E-state index contributed by atoms with van der Waals surface area (Å²) in [6, 6.07) is 0. The number of carboxylic acid groups (broad SMARTS) is 3. The van der Waals surface area contributed by atoms with Crippen LogP contribution in [0.25, 0.3) is 0 Å². The van der Waals surface area contributed by atoms with Gasteiger partial charge >= 0.3 is 25.5 Å². The van der Waals surface area contributed by atoms with Crippen LogP contribution in [0.15, 0.2) is 0 Å². The topological polar surface area (TPSA) is 169 Å². The molecule has 9 nitrogen and oxygen atoms in total. The molecular formula is C12H21O9P. The van der Waals surface area contributed by atoms with Gasteiger partial charge in [0.15, 0.2) is 5.16 Å². The Morgan fingerprint density at radius 1 is 1.00 bits per heavy atom. The standard InChI is InChI=1S/C12H21O9P/c1-3-5-7(9(13)14)8(10(15)16)12(6-4-2,11(17)18)22(19,20)21/h7-8H,3-6H2,1-2H3,(H,13,14)(H,15,16)(H,17,18)(H2,19,20,21). The highest BCUT2D eigenvalue weighted by Crippen LogP contribution is 2.59. The minimum Gasteiger partial charge on any atom is -0.481 e. The molecule has 0 radical (unpaired) electrons. The van der Waals surface area contributed by atoms with Crippen LogP contribution in [-0.4, -0.2) is 48.2 Å². The quantitative estimate of drug-likeness (QED) is 0.364. The summed E-state index contributed by atoms with van der Waals surface area (Å²) in [5.41, 5.74) is 0. The fourth-order valence-electron chi connectivity index (χ4n) is 2.68. The molecular weight excluding hydrogens is 319 g/mol. The van der Waals surface area contributed by atoms with E-state index in [0.29, 0.717) is 0 Å². The van der Waals surface area contributed by atoms with Crippen molar-refractivity contribution in [1.29, 1.82) is 0 Å². The summed E-state index contributed by atoms with van der Waals surface area (Å²) in [5.74, 6) is -9.39. The molecule has 0 heterocycles. The van der Waals surface area contributed by atoms with Crippen molar-refractivity contribution >= 4 is 25.5 Å². The second-order valence-corrected chi connectivity index (χ2v) is 6.96. The zero-order chi connectivity index (χ0) is 17.7. The van der Waals surface area contributed by atoms with E-state index in [1.807, 2.05) is 0 Å². The zero-order valence-electron chi connectivity index (χ0n) is 12.3. The Bertz CT molecular complexity index is 483. The molecule has 3 unspecified atom stereocenters. The third-order valence-electron chi connectivity index (χ3n) is 3.62. The van der Waals surface area contributed by atoms with Crippen LogP contribution in [0.3, 0.4) is 0 Å². The molecule has 0 spiro atoms. The van der Waals surface area contributed by atoms with Gasteiger partial charge in [0.05, 0.1) is 11.8 Å². The van der Waals surface area contributed by atoms with E-state index in [-0.39, 0.29) is 19.3 Å². The lowest BCUT2D eigenvalue weighted by Crippen LogP contribution is -2.53. The predicted octanol–water partition coefficient (Wildman–Crippen LogP) is 0.989.